The molecule has 100 valence electrons. The summed E-state index contributed by atoms with van der Waals surface area (Å²) in [7, 11) is 0. The topological polar surface area (TPSA) is 57.8 Å². The van der Waals surface area contributed by atoms with Gasteiger partial charge in [-0.25, -0.2) is 4.98 Å². The standard InChI is InChI=1S/C15H12ClN3O/c1-9-6-7-17-14(16)13(9)19-15(20)11-8-18-12-5-3-2-4-10(11)12/h2-8,18H,1H3,(H,19,20). The average molecular weight is 286 g/mol. The number of rotatable bonds is 2. The number of amides is 1. The lowest BCUT2D eigenvalue weighted by molar-refractivity contribution is 0.102. The molecule has 0 saturated heterocycles. The Morgan fingerprint density at radius 3 is 2.90 bits per heavy atom. The van der Waals surface area contributed by atoms with E-state index in [1.807, 2.05) is 31.2 Å². The van der Waals surface area contributed by atoms with Crippen LogP contribution < -0.4 is 5.32 Å². The fourth-order valence-electron chi connectivity index (χ4n) is 2.12. The predicted octanol–water partition coefficient (Wildman–Crippen LogP) is 3.78. The molecule has 0 aliphatic carbocycles. The molecule has 0 aliphatic rings. The molecule has 0 bridgehead atoms. The van der Waals surface area contributed by atoms with Gasteiger partial charge in [-0.2, -0.15) is 0 Å². The molecule has 2 N–H and O–H groups in total. The fourth-order valence-corrected chi connectivity index (χ4v) is 2.37. The SMILES string of the molecule is Cc1ccnc(Cl)c1NC(=O)c1c[nH]c2ccccc12. The minimum absolute atomic E-state index is 0.208. The van der Waals surface area contributed by atoms with Crippen molar-refractivity contribution in [1.29, 1.82) is 0 Å². The summed E-state index contributed by atoms with van der Waals surface area (Å²) < 4.78 is 0. The summed E-state index contributed by atoms with van der Waals surface area (Å²) in [6.07, 6.45) is 3.30. The highest BCUT2D eigenvalue weighted by Gasteiger charge is 2.14. The van der Waals surface area contributed by atoms with E-state index in [0.29, 0.717) is 11.3 Å². The van der Waals surface area contributed by atoms with Crippen molar-refractivity contribution in [1.82, 2.24) is 9.97 Å². The van der Waals surface area contributed by atoms with Crippen molar-refractivity contribution in [3.05, 3.63) is 59.0 Å². The summed E-state index contributed by atoms with van der Waals surface area (Å²) in [5.74, 6) is -0.208. The van der Waals surface area contributed by atoms with E-state index in [0.717, 1.165) is 16.5 Å². The van der Waals surface area contributed by atoms with Crippen molar-refractivity contribution >= 4 is 34.1 Å². The van der Waals surface area contributed by atoms with Gasteiger partial charge in [0.1, 0.15) is 0 Å². The highest BCUT2D eigenvalue weighted by atomic mass is 35.5. The average Bonchev–Trinajstić information content (AvgIpc) is 2.87. The first-order valence-corrected chi connectivity index (χ1v) is 6.53. The fraction of sp³-hybridized carbons (Fsp3) is 0.0667. The van der Waals surface area contributed by atoms with E-state index in [1.54, 1.807) is 18.5 Å². The molecular formula is C15H12ClN3O. The lowest BCUT2D eigenvalue weighted by Gasteiger charge is -2.08. The minimum atomic E-state index is -0.208. The van der Waals surface area contributed by atoms with Gasteiger partial charge in [-0.3, -0.25) is 4.79 Å². The molecule has 0 radical (unpaired) electrons. The summed E-state index contributed by atoms with van der Waals surface area (Å²) in [6, 6.07) is 9.45. The van der Waals surface area contributed by atoms with Crippen LogP contribution in [0.3, 0.4) is 0 Å². The number of aromatic amines is 1. The number of carbonyl (C=O) groups excluding carboxylic acids is 1. The van der Waals surface area contributed by atoms with Crippen molar-refractivity contribution in [2.45, 2.75) is 6.92 Å². The molecule has 3 aromatic rings. The second-order valence-corrected chi connectivity index (χ2v) is 4.85. The van der Waals surface area contributed by atoms with Crippen molar-refractivity contribution in [2.75, 3.05) is 5.32 Å². The van der Waals surface area contributed by atoms with E-state index in [4.69, 9.17) is 11.6 Å². The molecule has 2 heterocycles. The van der Waals surface area contributed by atoms with Crippen molar-refractivity contribution in [2.24, 2.45) is 0 Å². The maximum atomic E-state index is 12.4. The maximum absolute atomic E-state index is 12.4. The van der Waals surface area contributed by atoms with Gasteiger partial charge in [-0.15, -0.1) is 0 Å². The number of carbonyl (C=O) groups is 1. The van der Waals surface area contributed by atoms with E-state index in [1.165, 1.54) is 0 Å². The van der Waals surface area contributed by atoms with Gasteiger partial charge in [-0.05, 0) is 24.6 Å². The number of halogens is 1. The zero-order chi connectivity index (χ0) is 14.1. The highest BCUT2D eigenvalue weighted by molar-refractivity contribution is 6.33. The van der Waals surface area contributed by atoms with Gasteiger partial charge < -0.3 is 10.3 Å². The Kier molecular flexibility index (Phi) is 3.16. The summed E-state index contributed by atoms with van der Waals surface area (Å²) in [4.78, 5) is 19.4. The molecule has 0 aliphatic heterocycles. The minimum Gasteiger partial charge on any atom is -0.360 e. The van der Waals surface area contributed by atoms with Crippen molar-refractivity contribution in [3.63, 3.8) is 0 Å². The largest absolute Gasteiger partial charge is 0.360 e. The van der Waals surface area contributed by atoms with Crippen LogP contribution in [0.4, 0.5) is 5.69 Å². The second-order valence-electron chi connectivity index (χ2n) is 4.50. The number of hydrogen-bond donors (Lipinski definition) is 2. The van der Waals surface area contributed by atoms with Gasteiger partial charge in [0.05, 0.1) is 11.3 Å². The molecule has 2 aromatic heterocycles. The van der Waals surface area contributed by atoms with Crippen LogP contribution >= 0.6 is 11.6 Å². The molecule has 1 aromatic carbocycles. The summed E-state index contributed by atoms with van der Waals surface area (Å²) in [5.41, 5.74) is 2.93. The van der Waals surface area contributed by atoms with Crippen LogP contribution in [-0.4, -0.2) is 15.9 Å². The second kappa shape index (κ2) is 4.98. The predicted molar refractivity (Wildman–Crippen MR) is 80.2 cm³/mol. The number of benzene rings is 1. The molecular weight excluding hydrogens is 274 g/mol. The number of fused-ring (bicyclic) bond motifs is 1. The van der Waals surface area contributed by atoms with Gasteiger partial charge in [0.15, 0.2) is 5.15 Å². The number of aryl methyl sites for hydroxylation is 1. The molecule has 5 heteroatoms. The third-order valence-corrected chi connectivity index (χ3v) is 3.47. The van der Waals surface area contributed by atoms with Crippen molar-refractivity contribution < 1.29 is 4.79 Å². The Balaban J connectivity index is 1.98. The number of aromatic nitrogens is 2. The number of para-hydroxylation sites is 1. The first-order valence-electron chi connectivity index (χ1n) is 6.15. The van der Waals surface area contributed by atoms with Gasteiger partial charge in [0.25, 0.3) is 5.91 Å². The van der Waals surface area contributed by atoms with E-state index in [-0.39, 0.29) is 11.1 Å². The van der Waals surface area contributed by atoms with E-state index < -0.39 is 0 Å². The molecule has 0 spiro atoms. The Morgan fingerprint density at radius 2 is 2.10 bits per heavy atom. The number of pyridine rings is 1. The summed E-state index contributed by atoms with van der Waals surface area (Å²) in [5, 5.41) is 3.99. The Morgan fingerprint density at radius 1 is 1.30 bits per heavy atom. The molecule has 0 atom stereocenters. The Hall–Kier alpha value is -2.33. The Bertz CT molecular complexity index is 774. The van der Waals surface area contributed by atoms with Gasteiger partial charge in [-0.1, -0.05) is 29.8 Å². The third-order valence-electron chi connectivity index (χ3n) is 3.19. The van der Waals surface area contributed by atoms with Crippen LogP contribution in [0.25, 0.3) is 10.9 Å². The van der Waals surface area contributed by atoms with Crippen molar-refractivity contribution in [3.8, 4) is 0 Å². The van der Waals surface area contributed by atoms with Crippen LogP contribution in [-0.2, 0) is 0 Å². The monoisotopic (exact) mass is 285 g/mol. The molecule has 1 amide bonds. The lowest BCUT2D eigenvalue weighted by atomic mass is 10.1. The first kappa shape index (κ1) is 12.7. The van der Waals surface area contributed by atoms with Crippen LogP contribution in [0.2, 0.25) is 5.15 Å². The molecule has 0 fully saturated rings. The van der Waals surface area contributed by atoms with E-state index >= 15 is 0 Å². The molecule has 0 saturated carbocycles. The normalized spacial score (nSPS) is 10.7. The third kappa shape index (κ3) is 2.14. The Labute approximate surface area is 120 Å². The van der Waals surface area contributed by atoms with E-state index in [2.05, 4.69) is 15.3 Å². The quantitative estimate of drug-likeness (QED) is 0.704. The summed E-state index contributed by atoms with van der Waals surface area (Å²) in [6.45, 7) is 1.87. The van der Waals surface area contributed by atoms with Crippen LogP contribution in [0.5, 0.6) is 0 Å². The zero-order valence-corrected chi connectivity index (χ0v) is 11.5. The molecule has 4 nitrogen and oxygen atoms in total. The van der Waals surface area contributed by atoms with E-state index in [9.17, 15) is 4.79 Å². The van der Waals surface area contributed by atoms with Crippen LogP contribution in [0.1, 0.15) is 15.9 Å². The van der Waals surface area contributed by atoms with Crippen LogP contribution in [0.15, 0.2) is 42.7 Å². The zero-order valence-electron chi connectivity index (χ0n) is 10.8. The van der Waals surface area contributed by atoms with Gasteiger partial charge >= 0.3 is 0 Å². The van der Waals surface area contributed by atoms with Gasteiger partial charge in [0, 0.05) is 23.3 Å². The van der Waals surface area contributed by atoms with Gasteiger partial charge in [0.2, 0.25) is 0 Å². The number of H-pyrrole nitrogens is 1. The maximum Gasteiger partial charge on any atom is 0.257 e. The molecule has 0 unspecified atom stereocenters. The smallest absolute Gasteiger partial charge is 0.257 e. The van der Waals surface area contributed by atoms with Crippen LogP contribution in [0, 0.1) is 6.92 Å². The first-order chi connectivity index (χ1) is 9.66. The molecule has 20 heavy (non-hydrogen) atoms. The summed E-state index contributed by atoms with van der Waals surface area (Å²) >= 11 is 6.02. The number of hydrogen-bond acceptors (Lipinski definition) is 2. The lowest BCUT2D eigenvalue weighted by Crippen LogP contribution is -2.13. The number of nitrogens with zero attached hydrogens (tertiary/aromatic N) is 1. The molecule has 3 rings (SSSR count). The highest BCUT2D eigenvalue weighted by Crippen LogP contribution is 2.25. The number of nitrogens with one attached hydrogen (secondary N) is 2. The number of anilines is 1.